The van der Waals surface area contributed by atoms with Crippen molar-refractivity contribution in [2.75, 3.05) is 6.54 Å². The molecule has 1 unspecified atom stereocenters. The van der Waals surface area contributed by atoms with Crippen molar-refractivity contribution in [1.29, 1.82) is 5.26 Å². The lowest BCUT2D eigenvalue weighted by Crippen LogP contribution is -2.42. The number of piperidine rings is 1. The van der Waals surface area contributed by atoms with Crippen LogP contribution in [0.4, 0.5) is 0 Å². The molecule has 1 heterocycles. The maximum atomic E-state index is 12.6. The lowest BCUT2D eigenvalue weighted by molar-refractivity contribution is 0.259. The van der Waals surface area contributed by atoms with Crippen molar-refractivity contribution in [3.05, 3.63) is 29.8 Å². The molecule has 0 saturated carbocycles. The van der Waals surface area contributed by atoms with Crippen LogP contribution in [0, 0.1) is 11.3 Å². The molecule has 1 atom stereocenters. The van der Waals surface area contributed by atoms with E-state index in [9.17, 15) is 13.2 Å². The van der Waals surface area contributed by atoms with E-state index in [0.29, 0.717) is 13.0 Å². The van der Waals surface area contributed by atoms with E-state index in [2.05, 4.69) is 4.99 Å². The molecule has 110 valence electrons. The van der Waals surface area contributed by atoms with E-state index in [1.807, 2.05) is 6.07 Å². The molecule has 1 aromatic carbocycles. The van der Waals surface area contributed by atoms with Crippen molar-refractivity contribution in [1.82, 2.24) is 4.31 Å². The van der Waals surface area contributed by atoms with Crippen molar-refractivity contribution in [2.24, 2.45) is 4.99 Å². The quantitative estimate of drug-likeness (QED) is 0.624. The van der Waals surface area contributed by atoms with E-state index in [0.717, 1.165) is 18.4 Å². The third kappa shape index (κ3) is 3.37. The average molecular weight is 305 g/mol. The van der Waals surface area contributed by atoms with Gasteiger partial charge in [0.2, 0.25) is 16.1 Å². The Kier molecular flexibility index (Phi) is 4.86. The molecule has 0 spiro atoms. The van der Waals surface area contributed by atoms with Crippen LogP contribution in [0.3, 0.4) is 0 Å². The molecule has 0 radical (unpaired) electrons. The molecule has 1 aliphatic rings. The predicted octanol–water partition coefficient (Wildman–Crippen LogP) is 1.59. The molecule has 7 heteroatoms. The summed E-state index contributed by atoms with van der Waals surface area (Å²) in [6.07, 6.45) is 3.13. The molecule has 0 bridgehead atoms. The van der Waals surface area contributed by atoms with Gasteiger partial charge in [0.1, 0.15) is 6.17 Å². The van der Waals surface area contributed by atoms with Crippen molar-refractivity contribution < 1.29 is 13.2 Å². The zero-order chi connectivity index (χ0) is 15.3. The molecule has 0 amide bonds. The fourth-order valence-corrected chi connectivity index (χ4v) is 3.96. The maximum absolute atomic E-state index is 12.6. The molecular formula is C14H15N3O3S. The number of benzene rings is 1. The molecule has 2 rings (SSSR count). The van der Waals surface area contributed by atoms with Crippen molar-refractivity contribution in [3.8, 4) is 6.07 Å². The predicted molar refractivity (Wildman–Crippen MR) is 75.4 cm³/mol. The number of rotatable bonds is 4. The lowest BCUT2D eigenvalue weighted by atomic mass is 10.1. The summed E-state index contributed by atoms with van der Waals surface area (Å²) in [4.78, 5) is 14.2. The summed E-state index contributed by atoms with van der Waals surface area (Å²) in [5, 5.41) is 8.62. The molecule has 1 fully saturated rings. The van der Waals surface area contributed by atoms with Gasteiger partial charge in [-0.05, 0) is 37.0 Å². The summed E-state index contributed by atoms with van der Waals surface area (Å²) in [5.41, 5.74) is 0.762. The summed E-state index contributed by atoms with van der Waals surface area (Å²) in [6, 6.07) is 8.23. The number of hydrogen-bond acceptors (Lipinski definition) is 5. The Hall–Kier alpha value is -2.00. The zero-order valence-corrected chi connectivity index (χ0v) is 12.2. The number of hydrogen-bond donors (Lipinski definition) is 0. The first-order valence-corrected chi connectivity index (χ1v) is 8.08. The highest BCUT2D eigenvalue weighted by Gasteiger charge is 2.33. The number of isocyanates is 1. The van der Waals surface area contributed by atoms with Gasteiger partial charge < -0.3 is 0 Å². The minimum atomic E-state index is -3.69. The number of nitriles is 1. The number of nitrogens with zero attached hydrogens (tertiary/aromatic N) is 3. The Morgan fingerprint density at radius 2 is 2.00 bits per heavy atom. The van der Waals surface area contributed by atoms with Gasteiger partial charge in [0.15, 0.2) is 0 Å². The zero-order valence-electron chi connectivity index (χ0n) is 11.4. The largest absolute Gasteiger partial charge is 0.244 e. The van der Waals surface area contributed by atoms with Gasteiger partial charge in [0.25, 0.3) is 0 Å². The van der Waals surface area contributed by atoms with E-state index in [1.165, 1.54) is 22.5 Å². The summed E-state index contributed by atoms with van der Waals surface area (Å²) in [5.74, 6) is 0. The van der Waals surface area contributed by atoms with Crippen LogP contribution >= 0.6 is 0 Å². The second-order valence-corrected chi connectivity index (χ2v) is 6.68. The highest BCUT2D eigenvalue weighted by atomic mass is 32.2. The van der Waals surface area contributed by atoms with Gasteiger partial charge in [0, 0.05) is 6.54 Å². The Labute approximate surface area is 123 Å². The second-order valence-electron chi connectivity index (χ2n) is 4.79. The van der Waals surface area contributed by atoms with Gasteiger partial charge in [-0.3, -0.25) is 0 Å². The van der Waals surface area contributed by atoms with Crippen LogP contribution in [0.5, 0.6) is 0 Å². The van der Waals surface area contributed by atoms with Gasteiger partial charge in [-0.15, -0.1) is 0 Å². The summed E-state index contributed by atoms with van der Waals surface area (Å²) in [7, 11) is -3.69. The van der Waals surface area contributed by atoms with Crippen LogP contribution in [0.1, 0.15) is 24.8 Å². The van der Waals surface area contributed by atoms with Crippen LogP contribution in [-0.2, 0) is 21.2 Å². The molecule has 0 N–H and O–H groups in total. The number of sulfonamides is 1. The highest BCUT2D eigenvalue weighted by Crippen LogP contribution is 2.26. The Morgan fingerprint density at radius 3 is 2.62 bits per heavy atom. The van der Waals surface area contributed by atoms with Crippen LogP contribution in [0.25, 0.3) is 0 Å². The maximum Gasteiger partial charge on any atom is 0.244 e. The average Bonchev–Trinajstić information content (AvgIpc) is 2.49. The molecule has 0 aromatic heterocycles. The van der Waals surface area contributed by atoms with Crippen molar-refractivity contribution in [2.45, 2.75) is 36.7 Å². The van der Waals surface area contributed by atoms with Crippen LogP contribution in [-0.4, -0.2) is 31.5 Å². The van der Waals surface area contributed by atoms with Crippen LogP contribution < -0.4 is 0 Å². The molecule has 6 nitrogen and oxygen atoms in total. The molecule has 1 aliphatic heterocycles. The van der Waals surface area contributed by atoms with E-state index < -0.39 is 16.2 Å². The topological polar surface area (TPSA) is 90.6 Å². The minimum Gasteiger partial charge on any atom is -0.211 e. The second kappa shape index (κ2) is 6.64. The minimum absolute atomic E-state index is 0.150. The van der Waals surface area contributed by atoms with Crippen molar-refractivity contribution in [3.63, 3.8) is 0 Å². The fourth-order valence-electron chi connectivity index (χ4n) is 2.36. The highest BCUT2D eigenvalue weighted by molar-refractivity contribution is 7.89. The summed E-state index contributed by atoms with van der Waals surface area (Å²) < 4.78 is 26.5. The molecular weight excluding hydrogens is 290 g/mol. The van der Waals surface area contributed by atoms with E-state index in [-0.39, 0.29) is 11.3 Å². The van der Waals surface area contributed by atoms with Gasteiger partial charge in [-0.1, -0.05) is 12.1 Å². The summed E-state index contributed by atoms with van der Waals surface area (Å²) >= 11 is 0. The van der Waals surface area contributed by atoms with E-state index in [1.54, 1.807) is 12.1 Å². The van der Waals surface area contributed by atoms with E-state index in [4.69, 9.17) is 5.26 Å². The molecule has 1 saturated heterocycles. The Bertz CT molecular complexity index is 685. The van der Waals surface area contributed by atoms with Crippen LogP contribution in [0.15, 0.2) is 34.2 Å². The third-order valence-corrected chi connectivity index (χ3v) is 5.35. The number of carbonyl (C=O) groups excluding carboxylic acids is 1. The van der Waals surface area contributed by atoms with Gasteiger partial charge in [-0.2, -0.15) is 14.6 Å². The van der Waals surface area contributed by atoms with Gasteiger partial charge >= 0.3 is 0 Å². The molecule has 1 aromatic rings. The first-order valence-electron chi connectivity index (χ1n) is 6.64. The van der Waals surface area contributed by atoms with Gasteiger partial charge in [-0.25, -0.2) is 13.2 Å². The standard InChI is InChI=1S/C14H15N3O3S/c15-9-8-12-4-6-13(7-5-12)21(19,20)17-10-2-1-3-14(17)16-11-18/h4-7,14H,1-3,8,10H2. The normalized spacial score (nSPS) is 19.5. The smallest absolute Gasteiger partial charge is 0.211 e. The first kappa shape index (κ1) is 15.4. The summed E-state index contributed by atoms with van der Waals surface area (Å²) in [6.45, 7) is 0.345. The monoisotopic (exact) mass is 305 g/mol. The third-order valence-electron chi connectivity index (χ3n) is 3.44. The van der Waals surface area contributed by atoms with Gasteiger partial charge in [0.05, 0.1) is 17.4 Å². The van der Waals surface area contributed by atoms with Crippen LogP contribution in [0.2, 0.25) is 0 Å². The first-order chi connectivity index (χ1) is 10.1. The molecule has 21 heavy (non-hydrogen) atoms. The Balaban J connectivity index is 2.31. The number of aliphatic imine (C=N–C) groups is 1. The SMILES string of the molecule is N#CCc1ccc(S(=O)(=O)N2CCCCC2N=C=O)cc1. The lowest BCUT2D eigenvalue weighted by Gasteiger charge is -2.31. The van der Waals surface area contributed by atoms with Crippen molar-refractivity contribution >= 4 is 16.1 Å². The molecule has 0 aliphatic carbocycles. The van der Waals surface area contributed by atoms with E-state index >= 15 is 0 Å². The Morgan fingerprint density at radius 1 is 1.29 bits per heavy atom. The fraction of sp³-hybridized carbons (Fsp3) is 0.429.